The smallest absolute Gasteiger partial charge is 0.322 e. The predicted octanol–water partition coefficient (Wildman–Crippen LogP) is 1.47. The maximum atomic E-state index is 13.2. The SMILES string of the molecule is CCCNC(=O)C[C@H]1CC[C@H]2[C@@H](COC[C@H](O)CN2C(=O)Nc2ccc3c(c2)OCO3)O1. The fraction of sp³-hybridized carbons (Fsp3) is 0.636. The van der Waals surface area contributed by atoms with E-state index in [1.165, 1.54) is 0 Å². The van der Waals surface area contributed by atoms with Gasteiger partial charge >= 0.3 is 6.03 Å². The lowest BCUT2D eigenvalue weighted by Crippen LogP contribution is -2.58. The lowest BCUT2D eigenvalue weighted by atomic mass is 9.95. The van der Waals surface area contributed by atoms with E-state index in [0.29, 0.717) is 36.6 Å². The number of β-amino-alcohol motifs (C(OH)–C–C–N with tert-alkyl or cyclic N) is 1. The first-order valence-corrected chi connectivity index (χ1v) is 11.2. The molecule has 0 aliphatic carbocycles. The van der Waals surface area contributed by atoms with Crippen molar-refractivity contribution < 1.29 is 33.6 Å². The van der Waals surface area contributed by atoms with E-state index in [1.54, 1.807) is 23.1 Å². The van der Waals surface area contributed by atoms with Gasteiger partial charge in [0.25, 0.3) is 0 Å². The van der Waals surface area contributed by atoms with Gasteiger partial charge in [0.05, 0.1) is 44.4 Å². The summed E-state index contributed by atoms with van der Waals surface area (Å²) in [4.78, 5) is 26.9. The number of carbonyl (C=O) groups excluding carboxylic acids is 2. The minimum Gasteiger partial charge on any atom is -0.454 e. The molecular weight excluding hydrogens is 418 g/mol. The molecule has 4 rings (SSSR count). The first kappa shape index (κ1) is 22.6. The summed E-state index contributed by atoms with van der Waals surface area (Å²) < 4.78 is 22.5. The zero-order chi connectivity index (χ0) is 22.5. The van der Waals surface area contributed by atoms with Crippen LogP contribution in [-0.4, -0.2) is 79.4 Å². The van der Waals surface area contributed by atoms with Crippen LogP contribution in [0.4, 0.5) is 10.5 Å². The number of nitrogens with one attached hydrogen (secondary N) is 2. The second-order valence-electron chi connectivity index (χ2n) is 8.34. The van der Waals surface area contributed by atoms with Gasteiger partial charge in [-0.25, -0.2) is 4.79 Å². The maximum absolute atomic E-state index is 13.2. The molecule has 3 heterocycles. The molecule has 0 aromatic heterocycles. The lowest BCUT2D eigenvalue weighted by molar-refractivity contribution is -0.149. The standard InChI is InChI=1S/C22H31N3O7/c1-2-7-23-21(27)9-16-4-5-17-20(32-16)12-29-11-15(26)10-25(17)22(28)24-14-3-6-18-19(8-14)31-13-30-18/h3,6,8,15-17,20,26H,2,4-5,7,9-13H2,1H3,(H,23,27)(H,24,28)/t15-,16-,17+,20-/m1/s1. The quantitative estimate of drug-likeness (QED) is 0.623. The van der Waals surface area contributed by atoms with Crippen LogP contribution in [0, 0.1) is 0 Å². The summed E-state index contributed by atoms with van der Waals surface area (Å²) in [6, 6.07) is 4.60. The summed E-state index contributed by atoms with van der Waals surface area (Å²) in [5.41, 5.74) is 0.575. The number of rotatable bonds is 5. The maximum Gasteiger partial charge on any atom is 0.322 e. The molecule has 1 aromatic rings. The van der Waals surface area contributed by atoms with Gasteiger partial charge < -0.3 is 39.6 Å². The van der Waals surface area contributed by atoms with E-state index >= 15 is 0 Å². The van der Waals surface area contributed by atoms with Crippen LogP contribution >= 0.6 is 0 Å². The van der Waals surface area contributed by atoms with Crippen molar-refractivity contribution in [2.24, 2.45) is 0 Å². The monoisotopic (exact) mass is 449 g/mol. The Balaban J connectivity index is 1.42. The Kier molecular flexibility index (Phi) is 7.33. The van der Waals surface area contributed by atoms with Gasteiger partial charge in [0, 0.05) is 18.3 Å². The largest absolute Gasteiger partial charge is 0.454 e. The zero-order valence-electron chi connectivity index (χ0n) is 18.2. The van der Waals surface area contributed by atoms with Crippen LogP contribution in [0.15, 0.2) is 18.2 Å². The molecular formula is C22H31N3O7. The fourth-order valence-electron chi connectivity index (χ4n) is 4.29. The van der Waals surface area contributed by atoms with Crippen molar-refractivity contribution in [3.63, 3.8) is 0 Å². The zero-order valence-corrected chi connectivity index (χ0v) is 18.2. The topological polar surface area (TPSA) is 119 Å². The average Bonchev–Trinajstić information content (AvgIpc) is 3.23. The van der Waals surface area contributed by atoms with Gasteiger partial charge in [-0.2, -0.15) is 0 Å². The Hall–Kier alpha value is -2.56. The molecule has 1 aromatic carbocycles. The van der Waals surface area contributed by atoms with Crippen LogP contribution in [0.5, 0.6) is 11.5 Å². The Bertz CT molecular complexity index is 821. The molecule has 2 fully saturated rings. The molecule has 2 saturated heterocycles. The number of hydrogen-bond acceptors (Lipinski definition) is 7. The van der Waals surface area contributed by atoms with Crippen LogP contribution in [0.1, 0.15) is 32.6 Å². The molecule has 0 spiro atoms. The highest BCUT2D eigenvalue weighted by Crippen LogP contribution is 2.34. The molecule has 3 amide bonds. The molecule has 3 N–H and O–H groups in total. The Morgan fingerprint density at radius 1 is 1.19 bits per heavy atom. The minimum absolute atomic E-state index is 0.0325. The van der Waals surface area contributed by atoms with E-state index in [0.717, 1.165) is 6.42 Å². The van der Waals surface area contributed by atoms with Crippen molar-refractivity contribution in [1.82, 2.24) is 10.2 Å². The number of carbonyl (C=O) groups is 2. The molecule has 4 atom stereocenters. The second kappa shape index (κ2) is 10.4. The van der Waals surface area contributed by atoms with Crippen LogP contribution in [0.3, 0.4) is 0 Å². The predicted molar refractivity (Wildman–Crippen MR) is 115 cm³/mol. The second-order valence-corrected chi connectivity index (χ2v) is 8.34. The van der Waals surface area contributed by atoms with Crippen molar-refractivity contribution in [2.75, 3.05) is 38.4 Å². The number of fused-ring (bicyclic) bond motifs is 2. The van der Waals surface area contributed by atoms with E-state index in [4.69, 9.17) is 18.9 Å². The van der Waals surface area contributed by atoms with E-state index < -0.39 is 6.10 Å². The van der Waals surface area contributed by atoms with Crippen LogP contribution in [-0.2, 0) is 14.3 Å². The first-order chi connectivity index (χ1) is 15.5. The third kappa shape index (κ3) is 5.43. The summed E-state index contributed by atoms with van der Waals surface area (Å²) in [6.45, 7) is 3.30. The normalized spacial score (nSPS) is 27.1. The third-order valence-electron chi connectivity index (χ3n) is 5.85. The van der Waals surface area contributed by atoms with Crippen LogP contribution in [0.2, 0.25) is 0 Å². The van der Waals surface area contributed by atoms with Gasteiger partial charge in [0.2, 0.25) is 12.7 Å². The number of benzene rings is 1. The van der Waals surface area contributed by atoms with Gasteiger partial charge in [-0.05, 0) is 31.4 Å². The molecule has 10 nitrogen and oxygen atoms in total. The highest BCUT2D eigenvalue weighted by atomic mass is 16.7. The van der Waals surface area contributed by atoms with Crippen molar-refractivity contribution in [2.45, 2.75) is 57.0 Å². The van der Waals surface area contributed by atoms with Gasteiger partial charge in [-0.3, -0.25) is 4.79 Å². The number of aliphatic hydroxyl groups excluding tert-OH is 1. The highest BCUT2D eigenvalue weighted by Gasteiger charge is 2.40. The minimum atomic E-state index is -0.795. The molecule has 176 valence electrons. The number of anilines is 1. The summed E-state index contributed by atoms with van der Waals surface area (Å²) in [6.07, 6.45) is 1.07. The molecule has 3 aliphatic rings. The van der Waals surface area contributed by atoms with Crippen molar-refractivity contribution in [3.8, 4) is 11.5 Å². The summed E-state index contributed by atoms with van der Waals surface area (Å²) >= 11 is 0. The van der Waals surface area contributed by atoms with E-state index in [9.17, 15) is 14.7 Å². The molecule has 0 radical (unpaired) electrons. The van der Waals surface area contributed by atoms with E-state index in [-0.39, 0.29) is 63.2 Å². The molecule has 3 aliphatic heterocycles. The average molecular weight is 450 g/mol. The molecule has 0 unspecified atom stereocenters. The number of nitrogens with zero attached hydrogens (tertiary/aromatic N) is 1. The van der Waals surface area contributed by atoms with E-state index in [2.05, 4.69) is 10.6 Å². The summed E-state index contributed by atoms with van der Waals surface area (Å²) in [7, 11) is 0. The highest BCUT2D eigenvalue weighted by molar-refractivity contribution is 5.90. The molecule has 0 saturated carbocycles. The van der Waals surface area contributed by atoms with Gasteiger partial charge in [0.1, 0.15) is 6.10 Å². The Labute approximate surface area is 187 Å². The van der Waals surface area contributed by atoms with Gasteiger partial charge in [-0.1, -0.05) is 6.92 Å². The van der Waals surface area contributed by atoms with Gasteiger partial charge in [-0.15, -0.1) is 0 Å². The fourth-order valence-corrected chi connectivity index (χ4v) is 4.29. The number of amides is 3. The molecule has 10 heteroatoms. The first-order valence-electron chi connectivity index (χ1n) is 11.2. The number of urea groups is 1. The van der Waals surface area contributed by atoms with Crippen LogP contribution < -0.4 is 20.1 Å². The molecule has 0 bridgehead atoms. The summed E-state index contributed by atoms with van der Waals surface area (Å²) in [5.74, 6) is 1.18. The number of hydrogen-bond donors (Lipinski definition) is 3. The molecule has 32 heavy (non-hydrogen) atoms. The Morgan fingerprint density at radius 3 is 2.88 bits per heavy atom. The van der Waals surface area contributed by atoms with Crippen molar-refractivity contribution >= 4 is 17.6 Å². The summed E-state index contributed by atoms with van der Waals surface area (Å²) in [5, 5.41) is 16.1. The van der Waals surface area contributed by atoms with Crippen molar-refractivity contribution in [3.05, 3.63) is 18.2 Å². The lowest BCUT2D eigenvalue weighted by Gasteiger charge is -2.44. The number of aliphatic hydroxyl groups is 1. The number of ether oxygens (including phenoxy) is 4. The van der Waals surface area contributed by atoms with Crippen LogP contribution in [0.25, 0.3) is 0 Å². The van der Waals surface area contributed by atoms with Gasteiger partial charge in [0.15, 0.2) is 11.5 Å². The Morgan fingerprint density at radius 2 is 2.03 bits per heavy atom. The third-order valence-corrected chi connectivity index (χ3v) is 5.85. The van der Waals surface area contributed by atoms with Crippen molar-refractivity contribution in [1.29, 1.82) is 0 Å². The van der Waals surface area contributed by atoms with E-state index in [1.807, 2.05) is 6.92 Å².